The van der Waals surface area contributed by atoms with Crippen LogP contribution in [0.5, 0.6) is 0 Å². The number of halogens is 3. The highest BCUT2D eigenvalue weighted by atomic mass is 19.4. The monoisotopic (exact) mass is 502 g/mol. The molecule has 2 fully saturated rings. The van der Waals surface area contributed by atoms with Crippen LogP contribution in [-0.4, -0.2) is 87.4 Å². The molecule has 0 aromatic heterocycles. The summed E-state index contributed by atoms with van der Waals surface area (Å²) in [6, 6.07) is 9.05. The first-order chi connectivity index (χ1) is 16.2. The number of hydrogen-bond donors (Lipinski definition) is 6. The number of guanidine groups is 1. The number of hydrogen-bond acceptors (Lipinski definition) is 6. The lowest BCUT2D eigenvalue weighted by atomic mass is 9.90. The highest BCUT2D eigenvalue weighted by molar-refractivity contribution is 5.92. The lowest BCUT2D eigenvalue weighted by molar-refractivity contribution is -0.192. The minimum absolute atomic E-state index is 0.101. The first-order valence-corrected chi connectivity index (χ1v) is 10.7. The number of rotatable bonds is 5. The number of aliphatic hydroxyl groups excluding tert-OH is 1. The van der Waals surface area contributed by atoms with Crippen molar-refractivity contribution < 1.29 is 37.8 Å². The maximum absolute atomic E-state index is 12.8. The van der Waals surface area contributed by atoms with Crippen molar-refractivity contribution in [2.24, 2.45) is 11.5 Å². The van der Waals surface area contributed by atoms with Gasteiger partial charge in [-0.3, -0.25) is 15.0 Å². The van der Waals surface area contributed by atoms with Gasteiger partial charge in [0.2, 0.25) is 11.8 Å². The maximum atomic E-state index is 12.8. The number of aliphatic hydroxyl groups is 1. The summed E-state index contributed by atoms with van der Waals surface area (Å²) in [7, 11) is 0. The van der Waals surface area contributed by atoms with Crippen LogP contribution in [0.25, 0.3) is 0 Å². The van der Waals surface area contributed by atoms with Gasteiger partial charge in [-0.1, -0.05) is 30.3 Å². The van der Waals surface area contributed by atoms with E-state index in [4.69, 9.17) is 26.8 Å². The van der Waals surface area contributed by atoms with E-state index < -0.39 is 30.0 Å². The van der Waals surface area contributed by atoms with Gasteiger partial charge in [-0.2, -0.15) is 13.2 Å². The summed E-state index contributed by atoms with van der Waals surface area (Å²) in [5, 5.41) is 27.7. The van der Waals surface area contributed by atoms with Crippen LogP contribution in [-0.2, 0) is 20.8 Å². The molecule has 8 N–H and O–H groups in total. The number of aliphatic carboxylic acids is 1. The van der Waals surface area contributed by atoms with E-state index in [1.807, 2.05) is 30.3 Å². The molecule has 0 spiro atoms. The molecule has 2 heterocycles. The zero-order valence-corrected chi connectivity index (χ0v) is 18.8. The van der Waals surface area contributed by atoms with Crippen molar-refractivity contribution >= 4 is 23.7 Å². The van der Waals surface area contributed by atoms with E-state index in [1.165, 1.54) is 9.80 Å². The Labute approximate surface area is 199 Å². The van der Waals surface area contributed by atoms with Gasteiger partial charge in [-0.25, -0.2) is 4.79 Å². The summed E-state index contributed by atoms with van der Waals surface area (Å²) in [4.78, 5) is 36.9. The summed E-state index contributed by atoms with van der Waals surface area (Å²) >= 11 is 0. The van der Waals surface area contributed by atoms with Crippen LogP contribution in [0, 0.1) is 5.41 Å². The van der Waals surface area contributed by atoms with Crippen LogP contribution in [0.2, 0.25) is 0 Å². The molecule has 1 aromatic rings. The molecule has 0 saturated carbocycles. The molecule has 0 bridgehead atoms. The van der Waals surface area contributed by atoms with E-state index in [9.17, 15) is 27.9 Å². The molecule has 194 valence electrons. The second-order valence-electron chi connectivity index (χ2n) is 8.41. The van der Waals surface area contributed by atoms with E-state index in [2.05, 4.69) is 5.32 Å². The van der Waals surface area contributed by atoms with Crippen LogP contribution >= 0.6 is 0 Å². The van der Waals surface area contributed by atoms with Crippen LogP contribution in [0.4, 0.5) is 13.2 Å². The van der Waals surface area contributed by atoms with Gasteiger partial charge in [0.05, 0.1) is 12.6 Å². The highest BCUT2D eigenvalue weighted by Gasteiger charge is 2.44. The summed E-state index contributed by atoms with van der Waals surface area (Å²) in [6.07, 6.45) is -3.93. The van der Waals surface area contributed by atoms with Gasteiger partial charge in [0.25, 0.3) is 0 Å². The topological polar surface area (TPSA) is 186 Å². The minimum Gasteiger partial charge on any atom is -0.475 e. The Kier molecular flexibility index (Phi) is 9.04. The van der Waals surface area contributed by atoms with E-state index in [-0.39, 0.29) is 24.3 Å². The zero-order chi connectivity index (χ0) is 26.4. The van der Waals surface area contributed by atoms with Crippen molar-refractivity contribution in [3.05, 3.63) is 35.9 Å². The van der Waals surface area contributed by atoms with Crippen LogP contribution in [0.15, 0.2) is 30.3 Å². The fourth-order valence-electron chi connectivity index (χ4n) is 3.95. The second kappa shape index (κ2) is 11.4. The van der Waals surface area contributed by atoms with Gasteiger partial charge < -0.3 is 36.8 Å². The van der Waals surface area contributed by atoms with Gasteiger partial charge in [-0.15, -0.1) is 0 Å². The molecule has 1 aromatic carbocycles. The predicted molar refractivity (Wildman–Crippen MR) is 118 cm³/mol. The lowest BCUT2D eigenvalue weighted by Gasteiger charge is -2.38. The predicted octanol–water partition coefficient (Wildman–Crippen LogP) is -0.415. The number of carboxylic acid groups (broad SMARTS) is 1. The number of alkyl halides is 3. The van der Waals surface area contributed by atoms with Gasteiger partial charge in [0.15, 0.2) is 5.96 Å². The molecule has 3 rings (SSSR count). The Morgan fingerprint density at radius 1 is 1.23 bits per heavy atom. The summed E-state index contributed by atoms with van der Waals surface area (Å²) in [6.45, 7) is 0.793. The van der Waals surface area contributed by atoms with E-state index in [1.54, 1.807) is 0 Å². The lowest BCUT2D eigenvalue weighted by Crippen LogP contribution is -2.59. The Bertz CT molecular complexity index is 932. The average molecular weight is 502 g/mol. The van der Waals surface area contributed by atoms with Crippen molar-refractivity contribution in [3.8, 4) is 0 Å². The van der Waals surface area contributed by atoms with Gasteiger partial charge >= 0.3 is 12.1 Å². The molecular weight excluding hydrogens is 473 g/mol. The Morgan fingerprint density at radius 3 is 2.37 bits per heavy atom. The quantitative estimate of drug-likeness (QED) is 0.231. The SMILES string of the molecule is N=C(N)N1CCC[C@H](NC(=O)CN2CC[C@@](N)(Cc3ccccc3)C2=O)C1O.O=C(O)C(F)(F)F. The van der Waals surface area contributed by atoms with Gasteiger partial charge in [0, 0.05) is 13.1 Å². The third-order valence-corrected chi connectivity index (χ3v) is 5.73. The van der Waals surface area contributed by atoms with Gasteiger partial charge in [0.1, 0.15) is 11.8 Å². The molecule has 2 aliphatic rings. The normalized spacial score (nSPS) is 24.4. The molecule has 0 radical (unpaired) electrons. The van der Waals surface area contributed by atoms with Crippen LogP contribution < -0.4 is 16.8 Å². The number of amides is 2. The number of likely N-dealkylation sites (tertiary alicyclic amines) is 2. The first-order valence-electron chi connectivity index (χ1n) is 10.7. The molecule has 11 nitrogen and oxygen atoms in total. The van der Waals surface area contributed by atoms with Crippen molar-refractivity contribution in [2.45, 2.75) is 49.7 Å². The number of carboxylic acids is 1. The number of piperidine rings is 1. The molecular formula is C21H29F3N6O5. The molecule has 0 aliphatic carbocycles. The molecule has 2 amide bonds. The summed E-state index contributed by atoms with van der Waals surface area (Å²) in [5.74, 6) is -3.57. The smallest absolute Gasteiger partial charge is 0.475 e. The fraction of sp³-hybridized carbons (Fsp3) is 0.524. The number of benzene rings is 1. The molecule has 1 unspecified atom stereocenters. The maximum Gasteiger partial charge on any atom is 0.490 e. The average Bonchev–Trinajstić information content (AvgIpc) is 3.03. The fourth-order valence-corrected chi connectivity index (χ4v) is 3.95. The van der Waals surface area contributed by atoms with Gasteiger partial charge in [-0.05, 0) is 31.2 Å². The summed E-state index contributed by atoms with van der Waals surface area (Å²) in [5.41, 5.74) is 11.8. The van der Waals surface area contributed by atoms with E-state index in [0.717, 1.165) is 5.56 Å². The molecule has 2 aliphatic heterocycles. The molecule has 14 heteroatoms. The van der Waals surface area contributed by atoms with Crippen molar-refractivity contribution in [1.82, 2.24) is 15.1 Å². The van der Waals surface area contributed by atoms with Crippen molar-refractivity contribution in [2.75, 3.05) is 19.6 Å². The Balaban J connectivity index is 0.000000540. The number of nitrogens with two attached hydrogens (primary N) is 2. The number of nitrogens with zero attached hydrogens (tertiary/aromatic N) is 2. The van der Waals surface area contributed by atoms with Crippen LogP contribution in [0.3, 0.4) is 0 Å². The number of carbonyl (C=O) groups is 3. The Morgan fingerprint density at radius 2 is 1.83 bits per heavy atom. The van der Waals surface area contributed by atoms with E-state index in [0.29, 0.717) is 38.8 Å². The second-order valence-corrected chi connectivity index (χ2v) is 8.41. The minimum atomic E-state index is -5.08. The first kappa shape index (κ1) is 27.9. The largest absolute Gasteiger partial charge is 0.490 e. The molecule has 2 saturated heterocycles. The number of nitrogens with one attached hydrogen (secondary N) is 2. The highest BCUT2D eigenvalue weighted by Crippen LogP contribution is 2.25. The molecule has 35 heavy (non-hydrogen) atoms. The third-order valence-electron chi connectivity index (χ3n) is 5.73. The van der Waals surface area contributed by atoms with Crippen LogP contribution in [0.1, 0.15) is 24.8 Å². The van der Waals surface area contributed by atoms with E-state index >= 15 is 0 Å². The Hall–Kier alpha value is -3.39. The van der Waals surface area contributed by atoms with Crippen molar-refractivity contribution in [3.63, 3.8) is 0 Å². The number of carbonyl (C=O) groups excluding carboxylic acids is 2. The third kappa shape index (κ3) is 7.55. The van der Waals surface area contributed by atoms with Crippen molar-refractivity contribution in [1.29, 1.82) is 5.41 Å². The standard InChI is InChI=1S/C19H28N6O3.C2HF3O2/c20-18(21)25-9-4-7-14(16(25)27)23-15(26)12-24-10-8-19(22,17(24)28)11-13-5-2-1-3-6-13;3-2(4,5)1(6)7/h1-3,5-6,14,16,27H,4,7-12,22H2,(H3,20,21)(H,23,26);(H,6,7)/t14-,16?,19+;/m0./s1. The summed E-state index contributed by atoms with van der Waals surface area (Å²) < 4.78 is 31.7. The zero-order valence-electron chi connectivity index (χ0n) is 18.8. The molecule has 3 atom stereocenters.